The van der Waals surface area contributed by atoms with E-state index in [2.05, 4.69) is 10.0 Å². The number of amides is 3. The summed E-state index contributed by atoms with van der Waals surface area (Å²) in [4.78, 5) is 38.9. The van der Waals surface area contributed by atoms with E-state index in [1.165, 1.54) is 0 Å². The number of hydrogen-bond donors (Lipinski definition) is 6. The summed E-state index contributed by atoms with van der Waals surface area (Å²) >= 11 is -1.76. The molecule has 0 radical (unpaired) electrons. The molecule has 11 nitrogen and oxygen atoms in total. The SMILES string of the molecule is N=C(N)c1cccc(C[C@H](N[S+]([O-])c2cccc(NC(=O)CCN)c2)C(=O)N2CCC(CCCC(N)=O)CC2)c1. The van der Waals surface area contributed by atoms with Gasteiger partial charge in [0.25, 0.3) is 0 Å². The first-order valence-electron chi connectivity index (χ1n) is 13.4. The van der Waals surface area contributed by atoms with Gasteiger partial charge < -0.3 is 32.0 Å². The van der Waals surface area contributed by atoms with Gasteiger partial charge in [-0.3, -0.25) is 19.8 Å². The molecule has 216 valence electrons. The van der Waals surface area contributed by atoms with Gasteiger partial charge in [-0.2, -0.15) is 0 Å². The molecule has 2 atom stereocenters. The van der Waals surface area contributed by atoms with Crippen molar-refractivity contribution in [3.05, 3.63) is 59.7 Å². The summed E-state index contributed by atoms with van der Waals surface area (Å²) in [6.45, 7) is 1.36. The zero-order valence-corrected chi connectivity index (χ0v) is 23.4. The molecular weight excluding hydrogens is 530 g/mol. The molecule has 1 fully saturated rings. The maximum atomic E-state index is 13.7. The quantitative estimate of drug-likeness (QED) is 0.112. The van der Waals surface area contributed by atoms with E-state index in [0.29, 0.717) is 41.6 Å². The van der Waals surface area contributed by atoms with Crippen LogP contribution in [0.15, 0.2) is 53.4 Å². The van der Waals surface area contributed by atoms with Gasteiger partial charge in [-0.1, -0.05) is 24.3 Å². The van der Waals surface area contributed by atoms with Crippen molar-refractivity contribution in [3.8, 4) is 0 Å². The molecule has 1 heterocycles. The number of anilines is 1. The molecule has 40 heavy (non-hydrogen) atoms. The maximum absolute atomic E-state index is 13.7. The molecule has 0 aromatic heterocycles. The zero-order chi connectivity index (χ0) is 29.1. The van der Waals surface area contributed by atoms with Crippen LogP contribution in [0, 0.1) is 11.3 Å². The highest BCUT2D eigenvalue weighted by molar-refractivity contribution is 7.89. The van der Waals surface area contributed by atoms with Gasteiger partial charge in [-0.15, -0.1) is 4.72 Å². The number of carbonyl (C=O) groups is 3. The molecule has 0 bridgehead atoms. The highest BCUT2D eigenvalue weighted by Gasteiger charge is 2.32. The second-order valence-electron chi connectivity index (χ2n) is 10.00. The Labute approximate surface area is 238 Å². The van der Waals surface area contributed by atoms with Crippen molar-refractivity contribution in [2.24, 2.45) is 23.1 Å². The average Bonchev–Trinajstić information content (AvgIpc) is 2.93. The number of nitrogen functional groups attached to an aromatic ring is 1. The molecule has 2 aromatic rings. The lowest BCUT2D eigenvalue weighted by Gasteiger charge is -2.34. The summed E-state index contributed by atoms with van der Waals surface area (Å²) in [7, 11) is 0. The van der Waals surface area contributed by atoms with Crippen LogP contribution >= 0.6 is 0 Å². The van der Waals surface area contributed by atoms with Crippen LogP contribution in [0.3, 0.4) is 0 Å². The molecule has 1 aliphatic rings. The largest absolute Gasteiger partial charge is 0.593 e. The van der Waals surface area contributed by atoms with Gasteiger partial charge in [0.15, 0.2) is 4.90 Å². The van der Waals surface area contributed by atoms with Crippen LogP contribution in [0.25, 0.3) is 0 Å². The third-order valence-corrected chi connectivity index (χ3v) is 8.07. The Morgan fingerprint density at radius 3 is 2.48 bits per heavy atom. The van der Waals surface area contributed by atoms with Crippen molar-refractivity contribution in [1.29, 1.82) is 5.41 Å². The summed E-state index contributed by atoms with van der Waals surface area (Å²) in [5, 5.41) is 10.5. The fourth-order valence-electron chi connectivity index (χ4n) is 4.75. The van der Waals surface area contributed by atoms with Gasteiger partial charge in [0, 0.05) is 56.2 Å². The van der Waals surface area contributed by atoms with Crippen LogP contribution < -0.4 is 27.2 Å². The summed E-state index contributed by atoms with van der Waals surface area (Å²) in [6, 6.07) is 12.9. The minimum atomic E-state index is -1.76. The van der Waals surface area contributed by atoms with Gasteiger partial charge in [-0.25, -0.2) is 0 Å². The molecule has 1 aliphatic heterocycles. The van der Waals surface area contributed by atoms with Crippen molar-refractivity contribution in [3.63, 3.8) is 0 Å². The number of primary amides is 1. The van der Waals surface area contributed by atoms with E-state index in [1.807, 2.05) is 6.07 Å². The number of amidine groups is 1. The normalized spacial score (nSPS) is 15.3. The molecule has 3 rings (SSSR count). The van der Waals surface area contributed by atoms with E-state index < -0.39 is 17.4 Å². The second kappa shape index (κ2) is 15.4. The first kappa shape index (κ1) is 31.1. The Morgan fingerprint density at radius 1 is 1.07 bits per heavy atom. The summed E-state index contributed by atoms with van der Waals surface area (Å²) < 4.78 is 16.4. The number of likely N-dealkylation sites (tertiary alicyclic amines) is 1. The number of benzene rings is 2. The number of rotatable bonds is 14. The third kappa shape index (κ3) is 9.63. The molecule has 1 saturated heterocycles. The summed E-state index contributed by atoms with van der Waals surface area (Å²) in [5.41, 5.74) is 18.2. The Kier molecular flexibility index (Phi) is 11.9. The minimum Gasteiger partial charge on any atom is -0.593 e. The Balaban J connectivity index is 1.73. The van der Waals surface area contributed by atoms with Crippen molar-refractivity contribution in [1.82, 2.24) is 9.62 Å². The monoisotopic (exact) mass is 569 g/mol. The predicted molar refractivity (Wildman–Crippen MR) is 156 cm³/mol. The average molecular weight is 570 g/mol. The molecule has 3 amide bonds. The van der Waals surface area contributed by atoms with E-state index in [4.69, 9.17) is 22.6 Å². The van der Waals surface area contributed by atoms with Gasteiger partial charge in [-0.05, 0) is 55.4 Å². The third-order valence-electron chi connectivity index (χ3n) is 6.89. The number of hydrogen-bond acceptors (Lipinski definition) is 7. The standard InChI is InChI=1S/C28H39N7O4S/c29-13-10-26(37)33-22-7-3-8-23(18-22)40(39)34-24(17-20-5-1-6-21(16-20)27(31)32)28(38)35-14-11-19(12-15-35)4-2-9-25(30)36/h1,3,5-8,16,18-19,24,34H,2,4,9-15,17,29H2,(H2,30,36)(H3,31,32)(H,33,37)/t24-,40?/m0/s1. The van der Waals surface area contributed by atoms with Crippen LogP contribution in [0.2, 0.25) is 0 Å². The van der Waals surface area contributed by atoms with Crippen LogP contribution in [-0.4, -0.2) is 58.7 Å². The fraction of sp³-hybridized carbons (Fsp3) is 0.429. The predicted octanol–water partition coefficient (Wildman–Crippen LogP) is 1.38. The molecule has 12 heteroatoms. The number of nitrogens with zero attached hydrogens (tertiary/aromatic N) is 1. The fourth-order valence-corrected chi connectivity index (χ4v) is 5.76. The maximum Gasteiger partial charge on any atom is 0.244 e. The van der Waals surface area contributed by atoms with Crippen LogP contribution in [0.4, 0.5) is 5.69 Å². The van der Waals surface area contributed by atoms with E-state index in [-0.39, 0.29) is 42.9 Å². The lowest BCUT2D eigenvalue weighted by atomic mass is 9.91. The molecule has 9 N–H and O–H groups in total. The van der Waals surface area contributed by atoms with Crippen molar-refractivity contribution in [2.45, 2.75) is 55.9 Å². The summed E-state index contributed by atoms with van der Waals surface area (Å²) in [6.07, 6.45) is 4.08. The first-order chi connectivity index (χ1) is 19.2. The lowest BCUT2D eigenvalue weighted by Crippen LogP contribution is -2.51. The van der Waals surface area contributed by atoms with Gasteiger partial charge in [0.1, 0.15) is 11.9 Å². The number of nitrogens with one attached hydrogen (secondary N) is 3. The Bertz CT molecular complexity index is 1190. The van der Waals surface area contributed by atoms with Crippen LogP contribution in [0.1, 0.15) is 49.7 Å². The zero-order valence-electron chi connectivity index (χ0n) is 22.6. The lowest BCUT2D eigenvalue weighted by molar-refractivity contribution is -0.134. The highest BCUT2D eigenvalue weighted by atomic mass is 32.2. The molecule has 0 saturated carbocycles. The Morgan fingerprint density at radius 2 is 1.80 bits per heavy atom. The van der Waals surface area contributed by atoms with Gasteiger partial charge >= 0.3 is 0 Å². The Hall–Kier alpha value is -3.45. The van der Waals surface area contributed by atoms with E-state index in [1.54, 1.807) is 47.4 Å². The number of nitrogens with two attached hydrogens (primary N) is 3. The second-order valence-corrected chi connectivity index (χ2v) is 11.2. The molecule has 0 aliphatic carbocycles. The molecular formula is C28H39N7O4S. The van der Waals surface area contributed by atoms with Crippen molar-refractivity contribution >= 4 is 40.6 Å². The van der Waals surface area contributed by atoms with Gasteiger partial charge in [0.2, 0.25) is 17.7 Å². The van der Waals surface area contributed by atoms with Crippen molar-refractivity contribution in [2.75, 3.05) is 25.0 Å². The topological polar surface area (TPSA) is 203 Å². The number of piperidine rings is 1. The summed E-state index contributed by atoms with van der Waals surface area (Å²) in [5.74, 6) is -0.354. The number of carbonyl (C=O) groups excluding carboxylic acids is 3. The van der Waals surface area contributed by atoms with Crippen LogP contribution in [0.5, 0.6) is 0 Å². The van der Waals surface area contributed by atoms with Crippen LogP contribution in [-0.2, 0) is 32.2 Å². The highest BCUT2D eigenvalue weighted by Crippen LogP contribution is 2.24. The minimum absolute atomic E-state index is 0.0758. The first-order valence-corrected chi connectivity index (χ1v) is 14.6. The van der Waals surface area contributed by atoms with E-state index >= 15 is 0 Å². The van der Waals surface area contributed by atoms with Gasteiger partial charge in [0.05, 0.1) is 11.4 Å². The smallest absolute Gasteiger partial charge is 0.244 e. The molecule has 1 unspecified atom stereocenters. The van der Waals surface area contributed by atoms with E-state index in [9.17, 15) is 18.9 Å². The van der Waals surface area contributed by atoms with E-state index in [0.717, 1.165) is 31.2 Å². The molecule has 0 spiro atoms. The van der Waals surface area contributed by atoms with Crippen molar-refractivity contribution < 1.29 is 18.9 Å². The molecule has 2 aromatic carbocycles.